The highest BCUT2D eigenvalue weighted by Crippen LogP contribution is 2.16. The molecule has 7 nitrogen and oxygen atoms in total. The molecule has 1 atom stereocenters. The van der Waals surface area contributed by atoms with Crippen molar-refractivity contribution in [2.45, 2.75) is 11.0 Å². The summed E-state index contributed by atoms with van der Waals surface area (Å²) in [5, 5.41) is 0. The smallest absolute Gasteiger partial charge is 0.240 e. The van der Waals surface area contributed by atoms with Crippen LogP contribution in [0, 0.1) is 0 Å². The van der Waals surface area contributed by atoms with Crippen LogP contribution in [-0.2, 0) is 19.5 Å². The number of sulfonamides is 1. The first-order chi connectivity index (χ1) is 10.1. The highest BCUT2D eigenvalue weighted by Gasteiger charge is 2.19. The van der Waals surface area contributed by atoms with E-state index < -0.39 is 10.0 Å². The molecule has 0 radical (unpaired) electrons. The van der Waals surface area contributed by atoms with Crippen molar-refractivity contribution < 1.29 is 22.6 Å². The molecule has 0 amide bonds. The molecule has 0 spiro atoms. The Labute approximate surface area is 124 Å². The van der Waals surface area contributed by atoms with Crippen LogP contribution < -0.4 is 15.2 Å². The summed E-state index contributed by atoms with van der Waals surface area (Å²) in [6, 6.07) is 6.19. The van der Waals surface area contributed by atoms with Crippen LogP contribution in [0.1, 0.15) is 0 Å². The number of hydrogen-bond donors (Lipinski definition) is 2. The van der Waals surface area contributed by atoms with Crippen molar-refractivity contribution in [2.75, 3.05) is 39.5 Å². The molecule has 1 aliphatic heterocycles. The number of ether oxygens (including phenoxy) is 3. The van der Waals surface area contributed by atoms with Crippen molar-refractivity contribution in [1.29, 1.82) is 0 Å². The quantitative estimate of drug-likeness (QED) is 0.717. The van der Waals surface area contributed by atoms with E-state index in [1.807, 2.05) is 0 Å². The molecule has 8 heteroatoms. The Morgan fingerprint density at radius 1 is 1.29 bits per heavy atom. The van der Waals surface area contributed by atoms with Crippen LogP contribution in [0.4, 0.5) is 0 Å². The minimum atomic E-state index is -3.56. The first-order valence-corrected chi connectivity index (χ1v) is 8.22. The van der Waals surface area contributed by atoms with E-state index in [9.17, 15) is 8.42 Å². The van der Waals surface area contributed by atoms with Crippen LogP contribution in [0.5, 0.6) is 5.75 Å². The molecule has 0 saturated carbocycles. The van der Waals surface area contributed by atoms with E-state index in [-0.39, 0.29) is 17.5 Å². The lowest BCUT2D eigenvalue weighted by Gasteiger charge is -2.23. The van der Waals surface area contributed by atoms with E-state index in [0.717, 1.165) is 0 Å². The molecular weight excluding hydrogens is 296 g/mol. The second-order valence-electron chi connectivity index (χ2n) is 4.53. The standard InChI is InChI=1S/C13H20N2O5S/c14-5-6-19-11-1-3-13(4-2-11)21(16,17)15-9-12-10-18-7-8-20-12/h1-4,12,15H,5-10,14H2. The van der Waals surface area contributed by atoms with Crippen LogP contribution in [-0.4, -0.2) is 54.0 Å². The van der Waals surface area contributed by atoms with Crippen LogP contribution >= 0.6 is 0 Å². The average molecular weight is 316 g/mol. The van der Waals surface area contributed by atoms with Crippen LogP contribution in [0.15, 0.2) is 29.2 Å². The maximum atomic E-state index is 12.1. The van der Waals surface area contributed by atoms with E-state index >= 15 is 0 Å². The minimum Gasteiger partial charge on any atom is -0.492 e. The highest BCUT2D eigenvalue weighted by atomic mass is 32.2. The van der Waals surface area contributed by atoms with Gasteiger partial charge in [0.15, 0.2) is 0 Å². The highest BCUT2D eigenvalue weighted by molar-refractivity contribution is 7.89. The van der Waals surface area contributed by atoms with Gasteiger partial charge in [0.1, 0.15) is 12.4 Å². The maximum absolute atomic E-state index is 12.1. The maximum Gasteiger partial charge on any atom is 0.240 e. The fourth-order valence-electron chi connectivity index (χ4n) is 1.83. The van der Waals surface area contributed by atoms with Crippen molar-refractivity contribution in [1.82, 2.24) is 4.72 Å². The van der Waals surface area contributed by atoms with Gasteiger partial charge in [0.2, 0.25) is 10.0 Å². The predicted molar refractivity (Wildman–Crippen MR) is 76.7 cm³/mol. The summed E-state index contributed by atoms with van der Waals surface area (Å²) in [4.78, 5) is 0.180. The van der Waals surface area contributed by atoms with Gasteiger partial charge in [-0.1, -0.05) is 0 Å². The van der Waals surface area contributed by atoms with Gasteiger partial charge in [-0.25, -0.2) is 13.1 Å². The molecule has 1 aromatic carbocycles. The van der Waals surface area contributed by atoms with Crippen molar-refractivity contribution in [3.63, 3.8) is 0 Å². The Morgan fingerprint density at radius 3 is 2.67 bits per heavy atom. The van der Waals surface area contributed by atoms with Gasteiger partial charge in [0.25, 0.3) is 0 Å². The second-order valence-corrected chi connectivity index (χ2v) is 6.30. The molecule has 1 fully saturated rings. The SMILES string of the molecule is NCCOc1ccc(S(=O)(=O)NCC2COCCO2)cc1. The van der Waals surface area contributed by atoms with Crippen LogP contribution in [0.2, 0.25) is 0 Å². The largest absolute Gasteiger partial charge is 0.492 e. The number of benzene rings is 1. The zero-order valence-corrected chi connectivity index (χ0v) is 12.5. The Kier molecular flexibility index (Phi) is 5.95. The van der Waals surface area contributed by atoms with Crippen molar-refractivity contribution in [2.24, 2.45) is 5.73 Å². The number of nitrogens with two attached hydrogens (primary N) is 1. The summed E-state index contributed by atoms with van der Waals surface area (Å²) in [5.41, 5.74) is 5.33. The Balaban J connectivity index is 1.91. The van der Waals surface area contributed by atoms with E-state index in [1.54, 1.807) is 12.1 Å². The van der Waals surface area contributed by atoms with Gasteiger partial charge in [0.05, 0.1) is 30.8 Å². The monoisotopic (exact) mass is 316 g/mol. The van der Waals surface area contributed by atoms with Crippen molar-refractivity contribution in [3.05, 3.63) is 24.3 Å². The molecule has 0 aromatic heterocycles. The Hall–Kier alpha value is -1.19. The molecular formula is C13H20N2O5S. The van der Waals surface area contributed by atoms with Gasteiger partial charge in [-0.2, -0.15) is 0 Å². The van der Waals surface area contributed by atoms with Crippen LogP contribution in [0.25, 0.3) is 0 Å². The third-order valence-electron chi connectivity index (χ3n) is 2.91. The van der Waals surface area contributed by atoms with Crippen molar-refractivity contribution in [3.8, 4) is 5.75 Å². The van der Waals surface area contributed by atoms with Crippen LogP contribution in [0.3, 0.4) is 0 Å². The van der Waals surface area contributed by atoms with Gasteiger partial charge in [-0.3, -0.25) is 0 Å². The number of nitrogens with one attached hydrogen (secondary N) is 1. The van der Waals surface area contributed by atoms with Gasteiger partial charge >= 0.3 is 0 Å². The van der Waals surface area contributed by atoms with E-state index in [2.05, 4.69) is 4.72 Å². The third-order valence-corrected chi connectivity index (χ3v) is 4.35. The average Bonchev–Trinajstić information content (AvgIpc) is 2.52. The zero-order valence-electron chi connectivity index (χ0n) is 11.7. The van der Waals surface area contributed by atoms with Gasteiger partial charge in [-0.15, -0.1) is 0 Å². The van der Waals surface area contributed by atoms with E-state index in [1.165, 1.54) is 12.1 Å². The minimum absolute atomic E-state index is 0.180. The topological polar surface area (TPSA) is 99.9 Å². The normalized spacial score (nSPS) is 19.4. The van der Waals surface area contributed by atoms with E-state index in [4.69, 9.17) is 19.9 Å². The summed E-state index contributed by atoms with van der Waals surface area (Å²) < 4.78 is 42.7. The molecule has 0 bridgehead atoms. The summed E-state index contributed by atoms with van der Waals surface area (Å²) in [7, 11) is -3.56. The molecule has 0 aliphatic carbocycles. The second kappa shape index (κ2) is 7.71. The van der Waals surface area contributed by atoms with Gasteiger partial charge < -0.3 is 19.9 Å². The first-order valence-electron chi connectivity index (χ1n) is 6.74. The third kappa shape index (κ3) is 4.94. The number of rotatable bonds is 7. The number of hydrogen-bond acceptors (Lipinski definition) is 6. The van der Waals surface area contributed by atoms with Crippen molar-refractivity contribution >= 4 is 10.0 Å². The zero-order chi connectivity index (χ0) is 15.1. The molecule has 1 saturated heterocycles. The molecule has 1 unspecified atom stereocenters. The first kappa shape index (κ1) is 16.2. The summed E-state index contributed by atoms with van der Waals surface area (Å²) >= 11 is 0. The lowest BCUT2D eigenvalue weighted by Crippen LogP contribution is -2.39. The molecule has 21 heavy (non-hydrogen) atoms. The molecule has 1 heterocycles. The molecule has 3 N–H and O–H groups in total. The summed E-state index contributed by atoms with van der Waals surface area (Å²) in [5.74, 6) is 0.586. The van der Waals surface area contributed by atoms with Gasteiger partial charge in [-0.05, 0) is 24.3 Å². The Bertz CT molecular complexity index is 526. The fourth-order valence-corrected chi connectivity index (χ4v) is 2.90. The molecule has 118 valence electrons. The van der Waals surface area contributed by atoms with Gasteiger partial charge in [0, 0.05) is 13.1 Å². The molecule has 1 aliphatic rings. The summed E-state index contributed by atoms with van der Waals surface area (Å²) in [6.07, 6.45) is -0.249. The lowest BCUT2D eigenvalue weighted by atomic mass is 10.3. The molecule has 1 aromatic rings. The van der Waals surface area contributed by atoms with E-state index in [0.29, 0.717) is 38.7 Å². The predicted octanol–water partition coefficient (Wildman–Crippen LogP) is -0.282. The fraction of sp³-hybridized carbons (Fsp3) is 0.538. The summed E-state index contributed by atoms with van der Waals surface area (Å²) in [6.45, 7) is 2.42. The lowest BCUT2D eigenvalue weighted by molar-refractivity contribution is -0.0846. The Morgan fingerprint density at radius 2 is 2.05 bits per heavy atom. The molecule has 2 rings (SSSR count).